The number of halogens is 3. The van der Waals surface area contributed by atoms with E-state index in [0.717, 1.165) is 16.5 Å². The average molecular weight is 498 g/mol. The van der Waals surface area contributed by atoms with E-state index >= 15 is 0 Å². The monoisotopic (exact) mass is 498 g/mol. The molecular weight excluding hydrogens is 481 g/mol. The van der Waals surface area contributed by atoms with E-state index in [1.54, 1.807) is 6.92 Å². The van der Waals surface area contributed by atoms with Crippen LogP contribution in [0.3, 0.4) is 0 Å². The lowest BCUT2D eigenvalue weighted by molar-refractivity contribution is -0.384. The number of nitro groups is 1. The Balaban J connectivity index is 1.59. The summed E-state index contributed by atoms with van der Waals surface area (Å²) in [5.41, 5.74) is -2.20. The number of nitrogens with one attached hydrogen (secondary N) is 1. The summed E-state index contributed by atoms with van der Waals surface area (Å²) >= 11 is 1.38. The second kappa shape index (κ2) is 9.59. The van der Waals surface area contributed by atoms with Gasteiger partial charge >= 0.3 is 12.1 Å². The molecule has 0 fully saturated rings. The van der Waals surface area contributed by atoms with Crippen LogP contribution in [0.25, 0.3) is 10.2 Å². The van der Waals surface area contributed by atoms with Crippen molar-refractivity contribution in [3.63, 3.8) is 0 Å². The maximum absolute atomic E-state index is 12.8. The number of amides is 1. The minimum atomic E-state index is -4.80. The number of nitrogens with zero attached hydrogens (tertiary/aromatic N) is 3. The molecule has 0 aliphatic rings. The fourth-order valence-corrected chi connectivity index (χ4v) is 4.00. The maximum Gasteiger partial charge on any atom is 0.416 e. The SMILES string of the molecule is Cc1sc2ncn(CCC(=O)OCC(=O)Nc3ccc(C(F)(F)F)cc3[N+](=O)[O-])c(=O)c2c1C. The number of ether oxygens (including phenoxy) is 1. The number of esters is 1. The number of aryl methyl sites for hydroxylation is 3. The van der Waals surface area contributed by atoms with Crippen molar-refractivity contribution in [3.8, 4) is 0 Å². The molecule has 0 bridgehead atoms. The number of hydrogen-bond acceptors (Lipinski definition) is 8. The zero-order chi connectivity index (χ0) is 25.2. The van der Waals surface area contributed by atoms with E-state index in [1.165, 1.54) is 22.2 Å². The predicted octanol–water partition coefficient (Wildman–Crippen LogP) is 3.57. The van der Waals surface area contributed by atoms with Gasteiger partial charge in [-0.15, -0.1) is 11.3 Å². The molecule has 3 aromatic rings. The maximum atomic E-state index is 12.8. The van der Waals surface area contributed by atoms with Crippen LogP contribution in [0.2, 0.25) is 0 Å². The fourth-order valence-electron chi connectivity index (χ4n) is 3.01. The molecule has 1 N–H and O–H groups in total. The number of rotatable bonds is 7. The summed E-state index contributed by atoms with van der Waals surface area (Å²) in [7, 11) is 0. The minimum Gasteiger partial charge on any atom is -0.456 e. The fraction of sp³-hybridized carbons (Fsp3) is 0.300. The zero-order valence-corrected chi connectivity index (χ0v) is 18.6. The molecule has 1 aromatic carbocycles. The molecule has 0 aliphatic heterocycles. The van der Waals surface area contributed by atoms with Crippen LogP contribution in [0.5, 0.6) is 0 Å². The molecule has 2 aromatic heterocycles. The number of thiophene rings is 1. The largest absolute Gasteiger partial charge is 0.456 e. The lowest BCUT2D eigenvalue weighted by Crippen LogP contribution is -2.24. The van der Waals surface area contributed by atoms with E-state index in [-0.39, 0.29) is 18.5 Å². The number of alkyl halides is 3. The van der Waals surface area contributed by atoms with Crippen molar-refractivity contribution in [1.29, 1.82) is 0 Å². The van der Waals surface area contributed by atoms with Crippen molar-refractivity contribution in [2.75, 3.05) is 11.9 Å². The van der Waals surface area contributed by atoms with Crippen LogP contribution in [0.4, 0.5) is 24.5 Å². The van der Waals surface area contributed by atoms with Crippen LogP contribution in [0.15, 0.2) is 29.3 Å². The molecule has 0 aliphatic carbocycles. The first-order valence-electron chi connectivity index (χ1n) is 9.64. The van der Waals surface area contributed by atoms with Gasteiger partial charge in [0.2, 0.25) is 0 Å². The summed E-state index contributed by atoms with van der Waals surface area (Å²) < 4.78 is 44.3. The summed E-state index contributed by atoms with van der Waals surface area (Å²) in [6.45, 7) is 2.79. The third-order valence-corrected chi connectivity index (χ3v) is 5.99. The zero-order valence-electron chi connectivity index (χ0n) is 17.8. The number of nitro benzene ring substituents is 1. The first-order chi connectivity index (χ1) is 15.9. The number of hydrogen-bond donors (Lipinski definition) is 1. The van der Waals surface area contributed by atoms with Gasteiger partial charge in [-0.3, -0.25) is 29.1 Å². The molecule has 0 radical (unpaired) electrons. The van der Waals surface area contributed by atoms with Crippen molar-refractivity contribution < 1.29 is 32.4 Å². The number of carbonyl (C=O) groups excluding carboxylic acids is 2. The average Bonchev–Trinajstić information content (AvgIpc) is 3.05. The van der Waals surface area contributed by atoms with Gasteiger partial charge < -0.3 is 10.1 Å². The molecule has 34 heavy (non-hydrogen) atoms. The number of benzene rings is 1. The smallest absolute Gasteiger partial charge is 0.416 e. The van der Waals surface area contributed by atoms with Gasteiger partial charge in [0.25, 0.3) is 17.2 Å². The summed E-state index contributed by atoms with van der Waals surface area (Å²) in [4.78, 5) is 52.3. The Morgan fingerprint density at radius 2 is 2.00 bits per heavy atom. The third-order valence-electron chi connectivity index (χ3n) is 4.87. The molecule has 14 heteroatoms. The summed E-state index contributed by atoms with van der Waals surface area (Å²) in [6.07, 6.45) is -3.75. The molecule has 0 saturated heterocycles. The van der Waals surface area contributed by atoms with E-state index < -0.39 is 46.5 Å². The van der Waals surface area contributed by atoms with Crippen LogP contribution in [0, 0.1) is 24.0 Å². The number of aromatic nitrogens is 2. The van der Waals surface area contributed by atoms with Gasteiger partial charge in [0.1, 0.15) is 10.5 Å². The van der Waals surface area contributed by atoms with Crippen molar-refractivity contribution >= 4 is 44.8 Å². The van der Waals surface area contributed by atoms with Gasteiger partial charge in [0, 0.05) is 17.5 Å². The van der Waals surface area contributed by atoms with Gasteiger partial charge in [-0.1, -0.05) is 0 Å². The Morgan fingerprint density at radius 3 is 2.65 bits per heavy atom. The number of fused-ring (bicyclic) bond motifs is 1. The normalized spacial score (nSPS) is 11.4. The topological polar surface area (TPSA) is 133 Å². The van der Waals surface area contributed by atoms with Gasteiger partial charge in [0.15, 0.2) is 6.61 Å². The molecule has 3 rings (SSSR count). The lowest BCUT2D eigenvalue weighted by atomic mass is 10.1. The van der Waals surface area contributed by atoms with E-state index in [2.05, 4.69) is 4.98 Å². The Hall–Kier alpha value is -3.81. The Morgan fingerprint density at radius 1 is 1.29 bits per heavy atom. The summed E-state index contributed by atoms with van der Waals surface area (Å²) in [6, 6.07) is 1.61. The first-order valence-corrected chi connectivity index (χ1v) is 10.5. The second-order valence-electron chi connectivity index (χ2n) is 7.15. The first kappa shape index (κ1) is 24.8. The van der Waals surface area contributed by atoms with Crippen LogP contribution in [-0.2, 0) is 27.0 Å². The lowest BCUT2D eigenvalue weighted by Gasteiger charge is -2.10. The van der Waals surface area contributed by atoms with Gasteiger partial charge in [0.05, 0.1) is 28.6 Å². The highest BCUT2D eigenvalue weighted by Gasteiger charge is 2.33. The minimum absolute atomic E-state index is 0.0546. The Labute approximate surface area is 193 Å². The predicted molar refractivity (Wildman–Crippen MR) is 116 cm³/mol. The van der Waals surface area contributed by atoms with Crippen molar-refractivity contribution in [2.45, 2.75) is 33.0 Å². The standard InChI is InChI=1S/C20H17F3N4O6S/c1-10-11(2)34-18-17(10)19(30)26(9-24-18)6-5-16(29)33-8-15(28)25-13-4-3-12(20(21,22)23)7-14(13)27(31)32/h3-4,7,9H,5-6,8H2,1-2H3,(H,25,28). The molecule has 0 saturated carbocycles. The molecule has 2 heterocycles. The highest BCUT2D eigenvalue weighted by atomic mass is 32.1. The second-order valence-corrected chi connectivity index (χ2v) is 8.36. The van der Waals surface area contributed by atoms with Crippen molar-refractivity contribution in [2.24, 2.45) is 0 Å². The summed E-state index contributed by atoms with van der Waals surface area (Å²) in [5, 5.41) is 13.6. The number of carbonyl (C=O) groups is 2. The van der Waals surface area contributed by atoms with Crippen LogP contribution in [-0.4, -0.2) is 33.0 Å². The highest BCUT2D eigenvalue weighted by molar-refractivity contribution is 7.18. The van der Waals surface area contributed by atoms with Gasteiger partial charge in [-0.2, -0.15) is 13.2 Å². The van der Waals surface area contributed by atoms with E-state index in [0.29, 0.717) is 22.3 Å². The quantitative estimate of drug-likeness (QED) is 0.299. The van der Waals surface area contributed by atoms with Crippen molar-refractivity contribution in [1.82, 2.24) is 9.55 Å². The van der Waals surface area contributed by atoms with Crippen LogP contribution in [0.1, 0.15) is 22.4 Å². The van der Waals surface area contributed by atoms with Crippen LogP contribution < -0.4 is 10.9 Å². The number of anilines is 1. The molecule has 1 amide bonds. The third kappa shape index (κ3) is 5.39. The molecule has 0 spiro atoms. The van der Waals surface area contributed by atoms with Crippen molar-refractivity contribution in [3.05, 3.63) is 61.0 Å². The van der Waals surface area contributed by atoms with E-state index in [4.69, 9.17) is 4.74 Å². The van der Waals surface area contributed by atoms with Gasteiger partial charge in [-0.25, -0.2) is 4.98 Å². The molecule has 10 nitrogen and oxygen atoms in total. The van der Waals surface area contributed by atoms with E-state index in [1.807, 2.05) is 12.2 Å². The Kier molecular flexibility index (Phi) is 7.00. The molecule has 180 valence electrons. The molecule has 0 atom stereocenters. The molecule has 0 unspecified atom stereocenters. The van der Waals surface area contributed by atoms with Crippen LogP contribution >= 0.6 is 11.3 Å². The summed E-state index contributed by atoms with van der Waals surface area (Å²) in [5.74, 6) is -1.82. The van der Waals surface area contributed by atoms with Gasteiger partial charge in [-0.05, 0) is 31.5 Å². The highest BCUT2D eigenvalue weighted by Crippen LogP contribution is 2.35. The van der Waals surface area contributed by atoms with E-state index in [9.17, 15) is 37.7 Å². The Bertz CT molecular complexity index is 1350. The molecular formula is C20H17F3N4O6S.